The summed E-state index contributed by atoms with van der Waals surface area (Å²) in [5, 5.41) is 7.73. The van der Waals surface area contributed by atoms with E-state index in [4.69, 9.17) is 4.84 Å². The van der Waals surface area contributed by atoms with E-state index in [0.29, 0.717) is 12.4 Å². The fourth-order valence-corrected chi connectivity index (χ4v) is 1.00. The molecular formula is C8H11N5O. The zero-order chi connectivity index (χ0) is 9.97. The molecule has 0 aliphatic carbocycles. The third kappa shape index (κ3) is 1.64. The van der Waals surface area contributed by atoms with E-state index in [1.54, 1.807) is 6.20 Å². The molecule has 0 saturated carbocycles. The van der Waals surface area contributed by atoms with E-state index in [1.807, 2.05) is 31.1 Å². The second-order valence-corrected chi connectivity index (χ2v) is 3.15. The van der Waals surface area contributed by atoms with Crippen molar-refractivity contribution in [1.29, 1.82) is 0 Å². The van der Waals surface area contributed by atoms with Crippen molar-refractivity contribution in [2.45, 2.75) is 0 Å². The summed E-state index contributed by atoms with van der Waals surface area (Å²) in [6, 6.07) is 3.65. The molecular weight excluding hydrogens is 182 g/mol. The van der Waals surface area contributed by atoms with Crippen LogP contribution in [0.3, 0.4) is 0 Å². The number of hydrogen-bond acceptors (Lipinski definition) is 5. The maximum Gasteiger partial charge on any atom is 0.219 e. The van der Waals surface area contributed by atoms with Gasteiger partial charge in [0.2, 0.25) is 5.65 Å². The van der Waals surface area contributed by atoms with Gasteiger partial charge in [0.15, 0.2) is 6.73 Å². The van der Waals surface area contributed by atoms with Crippen molar-refractivity contribution in [3.05, 3.63) is 18.3 Å². The van der Waals surface area contributed by atoms with Crippen LogP contribution in [-0.4, -0.2) is 45.9 Å². The average Bonchev–Trinajstić information content (AvgIpc) is 2.58. The van der Waals surface area contributed by atoms with Crippen LogP contribution in [0.4, 0.5) is 0 Å². The Hall–Kier alpha value is -1.69. The Kier molecular flexibility index (Phi) is 2.28. The number of hydrogen-bond donors (Lipinski definition) is 0. The Bertz CT molecular complexity index is 424. The van der Waals surface area contributed by atoms with Crippen molar-refractivity contribution in [2.24, 2.45) is 0 Å². The van der Waals surface area contributed by atoms with Crippen molar-refractivity contribution in [2.75, 3.05) is 20.8 Å². The van der Waals surface area contributed by atoms with E-state index in [1.165, 1.54) is 4.85 Å². The van der Waals surface area contributed by atoms with Crippen LogP contribution in [0.15, 0.2) is 18.3 Å². The second-order valence-electron chi connectivity index (χ2n) is 3.15. The van der Waals surface area contributed by atoms with Gasteiger partial charge in [-0.2, -0.15) is 0 Å². The Labute approximate surface area is 81.1 Å². The molecule has 0 amide bonds. The van der Waals surface area contributed by atoms with Crippen molar-refractivity contribution in [3.63, 3.8) is 0 Å². The largest absolute Gasteiger partial charge is 0.378 e. The quantitative estimate of drug-likeness (QED) is 0.630. The second kappa shape index (κ2) is 3.59. The molecule has 2 aromatic rings. The SMILES string of the molecule is CN(C)COn1nnc2cccnc21. The zero-order valence-corrected chi connectivity index (χ0v) is 8.08. The third-order valence-electron chi connectivity index (χ3n) is 1.62. The fraction of sp³-hybridized carbons (Fsp3) is 0.375. The van der Waals surface area contributed by atoms with Crippen LogP contribution in [-0.2, 0) is 0 Å². The van der Waals surface area contributed by atoms with Gasteiger partial charge in [0, 0.05) is 6.20 Å². The Balaban J connectivity index is 2.25. The molecule has 0 unspecified atom stereocenters. The molecule has 0 aliphatic heterocycles. The van der Waals surface area contributed by atoms with E-state index >= 15 is 0 Å². The van der Waals surface area contributed by atoms with Gasteiger partial charge in [0.1, 0.15) is 5.52 Å². The highest BCUT2D eigenvalue weighted by atomic mass is 16.7. The average molecular weight is 193 g/mol. The maximum atomic E-state index is 5.33. The molecule has 0 spiro atoms. The van der Waals surface area contributed by atoms with Crippen LogP contribution in [0.5, 0.6) is 0 Å². The number of pyridine rings is 1. The number of aromatic nitrogens is 4. The molecule has 6 heteroatoms. The van der Waals surface area contributed by atoms with Crippen LogP contribution < -0.4 is 4.84 Å². The predicted octanol–water partition coefficient (Wildman–Crippen LogP) is -0.226. The molecule has 2 heterocycles. The van der Waals surface area contributed by atoms with Crippen molar-refractivity contribution in [1.82, 2.24) is 25.0 Å². The monoisotopic (exact) mass is 193 g/mol. The molecule has 74 valence electrons. The first-order valence-corrected chi connectivity index (χ1v) is 4.22. The number of fused-ring (bicyclic) bond motifs is 1. The lowest BCUT2D eigenvalue weighted by atomic mass is 10.4. The smallest absolute Gasteiger partial charge is 0.219 e. The molecule has 0 bridgehead atoms. The summed E-state index contributed by atoms with van der Waals surface area (Å²) in [6.45, 7) is 0.440. The minimum absolute atomic E-state index is 0.440. The summed E-state index contributed by atoms with van der Waals surface area (Å²) < 4.78 is 0. The fourth-order valence-electron chi connectivity index (χ4n) is 1.00. The lowest BCUT2D eigenvalue weighted by molar-refractivity contribution is 0.0245. The van der Waals surface area contributed by atoms with Crippen LogP contribution in [0.25, 0.3) is 11.2 Å². The highest BCUT2D eigenvalue weighted by Crippen LogP contribution is 2.03. The van der Waals surface area contributed by atoms with Gasteiger partial charge in [-0.1, -0.05) is 4.85 Å². The van der Waals surface area contributed by atoms with E-state index in [9.17, 15) is 0 Å². The molecule has 0 N–H and O–H groups in total. The van der Waals surface area contributed by atoms with E-state index in [0.717, 1.165) is 5.52 Å². The van der Waals surface area contributed by atoms with Gasteiger partial charge in [-0.25, -0.2) is 4.98 Å². The summed E-state index contributed by atoms with van der Waals surface area (Å²) in [4.78, 5) is 12.7. The normalized spacial score (nSPS) is 11.1. The lowest BCUT2D eigenvalue weighted by Gasteiger charge is -2.09. The van der Waals surface area contributed by atoms with Gasteiger partial charge in [-0.3, -0.25) is 4.90 Å². The van der Waals surface area contributed by atoms with Crippen LogP contribution in [0, 0.1) is 0 Å². The molecule has 14 heavy (non-hydrogen) atoms. The molecule has 0 aromatic carbocycles. The molecule has 0 radical (unpaired) electrons. The number of rotatable bonds is 3. The Morgan fingerprint density at radius 3 is 3.14 bits per heavy atom. The zero-order valence-electron chi connectivity index (χ0n) is 8.08. The van der Waals surface area contributed by atoms with Gasteiger partial charge in [-0.15, -0.1) is 5.10 Å². The van der Waals surface area contributed by atoms with Crippen molar-refractivity contribution >= 4 is 11.2 Å². The first-order valence-electron chi connectivity index (χ1n) is 4.22. The molecule has 2 aromatic heterocycles. The Morgan fingerprint density at radius 2 is 2.36 bits per heavy atom. The minimum Gasteiger partial charge on any atom is -0.378 e. The highest BCUT2D eigenvalue weighted by Gasteiger charge is 2.04. The maximum absolute atomic E-state index is 5.33. The van der Waals surface area contributed by atoms with E-state index in [-0.39, 0.29) is 0 Å². The van der Waals surface area contributed by atoms with Crippen LogP contribution >= 0.6 is 0 Å². The van der Waals surface area contributed by atoms with Gasteiger partial charge in [-0.05, 0) is 31.4 Å². The highest BCUT2D eigenvalue weighted by molar-refractivity contribution is 5.68. The van der Waals surface area contributed by atoms with Crippen LogP contribution in [0.1, 0.15) is 0 Å². The molecule has 0 aliphatic rings. The number of nitrogens with zero attached hydrogens (tertiary/aromatic N) is 5. The third-order valence-corrected chi connectivity index (χ3v) is 1.62. The summed E-state index contributed by atoms with van der Waals surface area (Å²) in [5.41, 5.74) is 1.36. The summed E-state index contributed by atoms with van der Waals surface area (Å²) in [6.07, 6.45) is 1.68. The summed E-state index contributed by atoms with van der Waals surface area (Å²) >= 11 is 0. The van der Waals surface area contributed by atoms with Gasteiger partial charge < -0.3 is 4.84 Å². The Morgan fingerprint density at radius 1 is 1.50 bits per heavy atom. The van der Waals surface area contributed by atoms with Gasteiger partial charge >= 0.3 is 0 Å². The molecule has 0 fully saturated rings. The van der Waals surface area contributed by atoms with Gasteiger partial charge in [0.25, 0.3) is 0 Å². The minimum atomic E-state index is 0.440. The van der Waals surface area contributed by atoms with Crippen molar-refractivity contribution < 1.29 is 4.84 Å². The lowest BCUT2D eigenvalue weighted by Crippen LogP contribution is -2.25. The first-order chi connectivity index (χ1) is 6.77. The topological polar surface area (TPSA) is 56.1 Å². The van der Waals surface area contributed by atoms with E-state index in [2.05, 4.69) is 15.3 Å². The van der Waals surface area contributed by atoms with Crippen molar-refractivity contribution in [3.8, 4) is 0 Å². The molecule has 0 atom stereocenters. The molecule has 6 nitrogen and oxygen atoms in total. The van der Waals surface area contributed by atoms with E-state index < -0.39 is 0 Å². The summed E-state index contributed by atoms with van der Waals surface area (Å²) in [5.74, 6) is 0. The van der Waals surface area contributed by atoms with Gasteiger partial charge in [0.05, 0.1) is 0 Å². The standard InChI is InChI=1S/C8H11N5O/c1-12(2)6-14-13-8-7(10-11-13)4-3-5-9-8/h3-5H,6H2,1-2H3. The van der Waals surface area contributed by atoms with Crippen LogP contribution in [0.2, 0.25) is 0 Å². The molecule has 2 rings (SSSR count). The predicted molar refractivity (Wildman–Crippen MR) is 50.5 cm³/mol. The molecule has 0 saturated heterocycles. The first kappa shape index (κ1) is 8.89. The summed E-state index contributed by atoms with van der Waals surface area (Å²) in [7, 11) is 3.82.